The van der Waals surface area contributed by atoms with Crippen LogP contribution in [-0.4, -0.2) is 60.2 Å². The molecule has 150 valence electrons. The first kappa shape index (κ1) is 20.1. The third-order valence-electron chi connectivity index (χ3n) is 4.96. The number of nitrogens with zero attached hydrogens (tertiary/aromatic N) is 4. The van der Waals surface area contributed by atoms with E-state index in [0.717, 1.165) is 51.4 Å². The largest absolute Gasteiger partial charge is 0.341 e. The normalized spacial score (nSPS) is 14.9. The Bertz CT molecular complexity index is 703. The van der Waals surface area contributed by atoms with Crippen molar-refractivity contribution < 1.29 is 4.79 Å². The molecule has 1 fully saturated rings. The van der Waals surface area contributed by atoms with Crippen LogP contribution in [0.15, 0.2) is 48.8 Å². The van der Waals surface area contributed by atoms with Crippen molar-refractivity contribution in [2.45, 2.75) is 31.8 Å². The lowest BCUT2D eigenvalue weighted by Gasteiger charge is -2.32. The van der Waals surface area contributed by atoms with Gasteiger partial charge in [0, 0.05) is 44.6 Å². The number of amides is 2. The molecule has 0 unspecified atom stereocenters. The Hall–Kier alpha value is -2.67. The third kappa shape index (κ3) is 6.49. The number of benzene rings is 1. The van der Waals surface area contributed by atoms with E-state index < -0.39 is 0 Å². The highest BCUT2D eigenvalue weighted by Crippen LogP contribution is 2.15. The van der Waals surface area contributed by atoms with E-state index in [-0.39, 0.29) is 12.1 Å². The number of nitrogens with one attached hydrogen (secondary N) is 2. The minimum atomic E-state index is -0.0693. The van der Waals surface area contributed by atoms with Gasteiger partial charge < -0.3 is 20.4 Å². The highest BCUT2D eigenvalue weighted by Gasteiger charge is 2.21. The molecule has 3 rings (SSSR count). The first-order valence-electron chi connectivity index (χ1n) is 9.99. The lowest BCUT2D eigenvalue weighted by atomic mass is 10.1. The average molecular weight is 383 g/mol. The summed E-state index contributed by atoms with van der Waals surface area (Å²) in [6.45, 7) is 4.28. The summed E-state index contributed by atoms with van der Waals surface area (Å²) >= 11 is 0. The van der Waals surface area contributed by atoms with Crippen molar-refractivity contribution in [1.82, 2.24) is 25.5 Å². The number of aromatic nitrogens is 2. The number of anilines is 1. The molecule has 1 aliphatic heterocycles. The van der Waals surface area contributed by atoms with Crippen LogP contribution in [0.1, 0.15) is 24.8 Å². The van der Waals surface area contributed by atoms with E-state index in [9.17, 15) is 4.79 Å². The molecule has 0 spiro atoms. The second-order valence-corrected chi connectivity index (χ2v) is 7.29. The highest BCUT2D eigenvalue weighted by atomic mass is 16.2. The van der Waals surface area contributed by atoms with Crippen molar-refractivity contribution in [3.05, 3.63) is 54.4 Å². The molecule has 2 amide bonds. The van der Waals surface area contributed by atoms with E-state index in [0.29, 0.717) is 6.54 Å². The zero-order valence-electron chi connectivity index (χ0n) is 16.6. The molecule has 2 aromatic rings. The van der Waals surface area contributed by atoms with E-state index in [1.54, 1.807) is 12.4 Å². The van der Waals surface area contributed by atoms with Gasteiger partial charge in [0.2, 0.25) is 5.95 Å². The molecule has 1 aliphatic rings. The lowest BCUT2D eigenvalue weighted by molar-refractivity contribution is 0.233. The predicted molar refractivity (Wildman–Crippen MR) is 111 cm³/mol. The van der Waals surface area contributed by atoms with Crippen molar-refractivity contribution in [3.8, 4) is 0 Å². The van der Waals surface area contributed by atoms with Crippen LogP contribution in [0.4, 0.5) is 10.7 Å². The molecule has 2 heterocycles. The van der Waals surface area contributed by atoms with Crippen LogP contribution < -0.4 is 15.5 Å². The minimum absolute atomic E-state index is 0.0693. The van der Waals surface area contributed by atoms with Gasteiger partial charge in [-0.05, 0) is 44.5 Å². The SMILES string of the molecule is CN(CCCNC(=O)NC1CCN(c2ncccn2)CC1)Cc1ccccc1. The number of rotatable bonds is 8. The number of piperidine rings is 1. The Morgan fingerprint density at radius 1 is 1.14 bits per heavy atom. The summed E-state index contributed by atoms with van der Waals surface area (Å²) in [5, 5.41) is 6.06. The standard InChI is InChI=1S/C21H30N6O/c1-26(17-18-7-3-2-4-8-18)14-6-13-24-21(28)25-19-9-15-27(16-10-19)20-22-11-5-12-23-20/h2-5,7-8,11-12,19H,6,9-10,13-17H2,1H3,(H2,24,25,28). The fourth-order valence-corrected chi connectivity index (χ4v) is 3.44. The van der Waals surface area contributed by atoms with Crippen molar-refractivity contribution in [3.63, 3.8) is 0 Å². The van der Waals surface area contributed by atoms with Gasteiger partial charge in [-0.2, -0.15) is 0 Å². The summed E-state index contributed by atoms with van der Waals surface area (Å²) < 4.78 is 0. The Labute approximate surface area is 167 Å². The van der Waals surface area contributed by atoms with Gasteiger partial charge in [0.25, 0.3) is 0 Å². The summed E-state index contributed by atoms with van der Waals surface area (Å²) in [5.41, 5.74) is 1.31. The van der Waals surface area contributed by atoms with Crippen LogP contribution in [0.5, 0.6) is 0 Å². The number of hydrogen-bond donors (Lipinski definition) is 2. The Balaban J connectivity index is 1.27. The molecule has 7 heteroatoms. The maximum Gasteiger partial charge on any atom is 0.315 e. The van der Waals surface area contributed by atoms with Gasteiger partial charge in [-0.3, -0.25) is 0 Å². The van der Waals surface area contributed by atoms with Crippen LogP contribution in [0.2, 0.25) is 0 Å². The van der Waals surface area contributed by atoms with Gasteiger partial charge in [-0.25, -0.2) is 14.8 Å². The Morgan fingerprint density at radius 2 is 1.86 bits per heavy atom. The number of urea groups is 1. The van der Waals surface area contributed by atoms with Crippen molar-refractivity contribution >= 4 is 12.0 Å². The fourth-order valence-electron chi connectivity index (χ4n) is 3.44. The lowest BCUT2D eigenvalue weighted by Crippen LogP contribution is -2.48. The monoisotopic (exact) mass is 382 g/mol. The van der Waals surface area contributed by atoms with Crippen LogP contribution >= 0.6 is 0 Å². The maximum atomic E-state index is 12.1. The molecule has 1 aromatic carbocycles. The van der Waals surface area contributed by atoms with Crippen LogP contribution in [0, 0.1) is 0 Å². The quantitative estimate of drug-likeness (QED) is 0.685. The van der Waals surface area contributed by atoms with Crippen LogP contribution in [0.25, 0.3) is 0 Å². The summed E-state index contributed by atoms with van der Waals surface area (Å²) in [7, 11) is 2.11. The highest BCUT2D eigenvalue weighted by molar-refractivity contribution is 5.74. The molecular formula is C21H30N6O. The second-order valence-electron chi connectivity index (χ2n) is 7.29. The van der Waals surface area contributed by atoms with E-state index >= 15 is 0 Å². The molecule has 0 saturated carbocycles. The number of carbonyl (C=O) groups is 1. The topological polar surface area (TPSA) is 73.4 Å². The van der Waals surface area contributed by atoms with Crippen LogP contribution in [-0.2, 0) is 6.54 Å². The third-order valence-corrected chi connectivity index (χ3v) is 4.96. The number of hydrogen-bond acceptors (Lipinski definition) is 5. The van der Waals surface area contributed by atoms with E-state index in [1.807, 2.05) is 12.1 Å². The van der Waals surface area contributed by atoms with E-state index in [2.05, 4.69) is 61.7 Å². The first-order valence-corrected chi connectivity index (χ1v) is 9.99. The Morgan fingerprint density at radius 3 is 2.57 bits per heavy atom. The van der Waals surface area contributed by atoms with E-state index in [4.69, 9.17) is 0 Å². The molecule has 1 saturated heterocycles. The zero-order chi connectivity index (χ0) is 19.6. The summed E-state index contributed by atoms with van der Waals surface area (Å²) in [6, 6.07) is 12.4. The van der Waals surface area contributed by atoms with Gasteiger partial charge in [0.15, 0.2) is 0 Å². The molecule has 0 radical (unpaired) electrons. The van der Waals surface area contributed by atoms with Gasteiger partial charge in [-0.1, -0.05) is 30.3 Å². The van der Waals surface area contributed by atoms with Crippen molar-refractivity contribution in [2.24, 2.45) is 0 Å². The number of carbonyl (C=O) groups excluding carboxylic acids is 1. The van der Waals surface area contributed by atoms with Crippen molar-refractivity contribution in [1.29, 1.82) is 0 Å². The molecule has 28 heavy (non-hydrogen) atoms. The smallest absolute Gasteiger partial charge is 0.315 e. The average Bonchev–Trinajstić information content (AvgIpc) is 2.73. The van der Waals surface area contributed by atoms with Crippen molar-refractivity contribution in [2.75, 3.05) is 38.1 Å². The molecular weight excluding hydrogens is 352 g/mol. The minimum Gasteiger partial charge on any atom is -0.341 e. The maximum absolute atomic E-state index is 12.1. The molecule has 0 atom stereocenters. The summed E-state index contributed by atoms with van der Waals surface area (Å²) in [6.07, 6.45) is 6.27. The summed E-state index contributed by atoms with van der Waals surface area (Å²) in [4.78, 5) is 25.1. The molecule has 7 nitrogen and oxygen atoms in total. The molecule has 0 bridgehead atoms. The van der Waals surface area contributed by atoms with Gasteiger partial charge in [-0.15, -0.1) is 0 Å². The van der Waals surface area contributed by atoms with Gasteiger partial charge >= 0.3 is 6.03 Å². The first-order chi connectivity index (χ1) is 13.7. The van der Waals surface area contributed by atoms with Crippen LogP contribution in [0.3, 0.4) is 0 Å². The predicted octanol–water partition coefficient (Wildman–Crippen LogP) is 2.27. The molecule has 0 aliphatic carbocycles. The second kappa shape index (κ2) is 10.6. The van der Waals surface area contributed by atoms with E-state index in [1.165, 1.54) is 5.56 Å². The summed E-state index contributed by atoms with van der Waals surface area (Å²) in [5.74, 6) is 0.769. The van der Waals surface area contributed by atoms with Gasteiger partial charge in [0.1, 0.15) is 0 Å². The zero-order valence-corrected chi connectivity index (χ0v) is 16.6. The fraction of sp³-hybridized carbons (Fsp3) is 0.476. The Kier molecular flexibility index (Phi) is 7.61. The van der Waals surface area contributed by atoms with Gasteiger partial charge in [0.05, 0.1) is 0 Å². The molecule has 2 N–H and O–H groups in total. The molecule has 1 aromatic heterocycles.